The van der Waals surface area contributed by atoms with Crippen molar-refractivity contribution >= 4 is 5.97 Å². The fraction of sp³-hybridized carbons (Fsp3) is 0.462. The first kappa shape index (κ1) is 13.7. The predicted molar refractivity (Wildman–Crippen MR) is 65.2 cm³/mol. The van der Waals surface area contributed by atoms with Crippen LogP contribution in [-0.4, -0.2) is 23.2 Å². The van der Waals surface area contributed by atoms with Gasteiger partial charge in [-0.05, 0) is 19.4 Å². The largest absolute Gasteiger partial charge is 0.458 e. The van der Waals surface area contributed by atoms with Crippen molar-refractivity contribution in [3.63, 3.8) is 0 Å². The average molecular weight is 237 g/mol. The number of carbonyl (C=O) groups is 1. The van der Waals surface area contributed by atoms with E-state index in [-0.39, 0.29) is 19.1 Å². The molecule has 0 bridgehead atoms. The molecule has 0 heterocycles. The summed E-state index contributed by atoms with van der Waals surface area (Å²) in [6.07, 6.45) is -0.419. The Morgan fingerprint density at radius 1 is 1.47 bits per heavy atom. The predicted octanol–water partition coefficient (Wildman–Crippen LogP) is 1.39. The van der Waals surface area contributed by atoms with Crippen molar-refractivity contribution in [3.8, 4) is 0 Å². The van der Waals surface area contributed by atoms with Gasteiger partial charge in [-0.15, -0.1) is 0 Å². The molecule has 0 saturated carbocycles. The van der Waals surface area contributed by atoms with E-state index in [9.17, 15) is 9.90 Å². The Balaban J connectivity index is 2.52. The Hall–Kier alpha value is -1.39. The van der Waals surface area contributed by atoms with Crippen molar-refractivity contribution in [3.05, 3.63) is 35.9 Å². The summed E-state index contributed by atoms with van der Waals surface area (Å²) in [6.45, 7) is 3.34. The number of nitrogens with two attached hydrogens (primary N) is 1. The summed E-state index contributed by atoms with van der Waals surface area (Å²) >= 11 is 0. The third-order valence-corrected chi connectivity index (χ3v) is 2.54. The Bertz CT molecular complexity index is 362. The number of hydrogen-bond acceptors (Lipinski definition) is 4. The van der Waals surface area contributed by atoms with Crippen LogP contribution in [0, 0.1) is 0 Å². The first-order valence-electron chi connectivity index (χ1n) is 5.61. The molecule has 1 rings (SSSR count). The molecule has 2 atom stereocenters. The smallest absolute Gasteiger partial charge is 0.309 e. The molecule has 0 aromatic heterocycles. The second-order valence-electron chi connectivity index (χ2n) is 4.42. The van der Waals surface area contributed by atoms with Crippen molar-refractivity contribution in [2.45, 2.75) is 32.0 Å². The second-order valence-corrected chi connectivity index (χ2v) is 4.42. The van der Waals surface area contributed by atoms with Gasteiger partial charge in [-0.3, -0.25) is 4.79 Å². The first-order valence-corrected chi connectivity index (χ1v) is 5.61. The number of rotatable bonds is 5. The Labute approximate surface area is 101 Å². The molecule has 0 spiro atoms. The molecule has 0 radical (unpaired) electrons. The van der Waals surface area contributed by atoms with Gasteiger partial charge in [0.2, 0.25) is 0 Å². The summed E-state index contributed by atoms with van der Waals surface area (Å²) in [4.78, 5) is 11.6. The molecule has 0 amide bonds. The highest BCUT2D eigenvalue weighted by Crippen LogP contribution is 2.18. The summed E-state index contributed by atoms with van der Waals surface area (Å²) in [5.41, 5.74) is 5.06. The minimum atomic E-state index is -1.20. The van der Waals surface area contributed by atoms with Crippen molar-refractivity contribution in [1.29, 1.82) is 0 Å². The summed E-state index contributed by atoms with van der Waals surface area (Å²) in [5, 5.41) is 9.65. The van der Waals surface area contributed by atoms with Crippen LogP contribution >= 0.6 is 0 Å². The van der Waals surface area contributed by atoms with E-state index >= 15 is 0 Å². The summed E-state index contributed by atoms with van der Waals surface area (Å²) < 4.78 is 5.22. The monoisotopic (exact) mass is 237 g/mol. The molecule has 4 heteroatoms. The number of aliphatic hydroxyl groups is 1. The highest BCUT2D eigenvalue weighted by atomic mass is 16.5. The van der Waals surface area contributed by atoms with E-state index in [2.05, 4.69) is 0 Å². The SMILES string of the molecule is CC(OC(=O)CC(C)(O)CN)c1ccccc1. The number of carbonyl (C=O) groups excluding carboxylic acids is 1. The highest BCUT2D eigenvalue weighted by Gasteiger charge is 2.24. The Morgan fingerprint density at radius 3 is 2.59 bits per heavy atom. The number of hydrogen-bond donors (Lipinski definition) is 2. The standard InChI is InChI=1S/C13H19NO3/c1-10(11-6-4-3-5-7-11)17-12(15)8-13(2,16)9-14/h3-7,10,16H,8-9,14H2,1-2H3. The van der Waals surface area contributed by atoms with Gasteiger partial charge in [-0.25, -0.2) is 0 Å². The van der Waals surface area contributed by atoms with Gasteiger partial charge in [0.25, 0.3) is 0 Å². The van der Waals surface area contributed by atoms with Gasteiger partial charge in [0, 0.05) is 6.54 Å². The van der Waals surface area contributed by atoms with Crippen molar-refractivity contribution in [2.24, 2.45) is 5.73 Å². The van der Waals surface area contributed by atoms with Crippen LogP contribution in [-0.2, 0) is 9.53 Å². The van der Waals surface area contributed by atoms with E-state index in [1.165, 1.54) is 6.92 Å². The molecule has 0 aliphatic carbocycles. The van der Waals surface area contributed by atoms with Crippen molar-refractivity contribution in [1.82, 2.24) is 0 Å². The van der Waals surface area contributed by atoms with Crippen LogP contribution in [0.5, 0.6) is 0 Å². The molecular formula is C13H19NO3. The van der Waals surface area contributed by atoms with Gasteiger partial charge in [0.15, 0.2) is 0 Å². The minimum Gasteiger partial charge on any atom is -0.458 e. The quantitative estimate of drug-likeness (QED) is 0.759. The molecule has 2 unspecified atom stereocenters. The lowest BCUT2D eigenvalue weighted by atomic mass is 10.0. The zero-order chi connectivity index (χ0) is 12.9. The van der Waals surface area contributed by atoms with E-state index in [0.29, 0.717) is 0 Å². The van der Waals surface area contributed by atoms with Crippen LogP contribution < -0.4 is 5.73 Å². The van der Waals surface area contributed by atoms with Crippen LogP contribution in [0.2, 0.25) is 0 Å². The molecule has 94 valence electrons. The Morgan fingerprint density at radius 2 is 2.06 bits per heavy atom. The molecule has 0 aliphatic rings. The van der Waals surface area contributed by atoms with E-state index in [1.807, 2.05) is 30.3 Å². The first-order chi connectivity index (χ1) is 7.94. The maximum Gasteiger partial charge on any atom is 0.309 e. The molecule has 0 fully saturated rings. The van der Waals surface area contributed by atoms with Gasteiger partial charge in [-0.1, -0.05) is 30.3 Å². The van der Waals surface area contributed by atoms with E-state index in [0.717, 1.165) is 5.56 Å². The van der Waals surface area contributed by atoms with Crippen LogP contribution in [0.15, 0.2) is 30.3 Å². The summed E-state index contributed by atoms with van der Waals surface area (Å²) in [7, 11) is 0. The van der Waals surface area contributed by atoms with E-state index < -0.39 is 11.6 Å². The molecule has 0 saturated heterocycles. The van der Waals surface area contributed by atoms with Gasteiger partial charge in [-0.2, -0.15) is 0 Å². The molecule has 1 aromatic carbocycles. The van der Waals surface area contributed by atoms with Crippen molar-refractivity contribution < 1.29 is 14.6 Å². The highest BCUT2D eigenvalue weighted by molar-refractivity contribution is 5.71. The zero-order valence-corrected chi connectivity index (χ0v) is 10.2. The molecule has 1 aromatic rings. The lowest BCUT2D eigenvalue weighted by molar-refractivity contribution is -0.153. The zero-order valence-electron chi connectivity index (χ0n) is 10.2. The van der Waals surface area contributed by atoms with E-state index in [1.54, 1.807) is 6.92 Å². The molecule has 0 aliphatic heterocycles. The number of benzene rings is 1. The fourth-order valence-electron chi connectivity index (χ4n) is 1.41. The third kappa shape index (κ3) is 4.54. The molecule has 4 nitrogen and oxygen atoms in total. The van der Waals surface area contributed by atoms with Gasteiger partial charge in [0.1, 0.15) is 6.10 Å². The normalized spacial score (nSPS) is 16.0. The maximum absolute atomic E-state index is 11.6. The number of ether oxygens (including phenoxy) is 1. The lowest BCUT2D eigenvalue weighted by Crippen LogP contribution is -2.37. The van der Waals surface area contributed by atoms with E-state index in [4.69, 9.17) is 10.5 Å². The third-order valence-electron chi connectivity index (χ3n) is 2.54. The van der Waals surface area contributed by atoms with Gasteiger partial charge < -0.3 is 15.6 Å². The fourth-order valence-corrected chi connectivity index (χ4v) is 1.41. The lowest BCUT2D eigenvalue weighted by Gasteiger charge is -2.21. The topological polar surface area (TPSA) is 72.5 Å². The van der Waals surface area contributed by atoms with Gasteiger partial charge in [0.05, 0.1) is 12.0 Å². The summed E-state index contributed by atoms with van der Waals surface area (Å²) in [5.74, 6) is -0.447. The van der Waals surface area contributed by atoms with Crippen LogP contribution in [0.4, 0.5) is 0 Å². The van der Waals surface area contributed by atoms with Gasteiger partial charge >= 0.3 is 5.97 Å². The summed E-state index contributed by atoms with van der Waals surface area (Å²) in [6, 6.07) is 9.45. The average Bonchev–Trinajstić information content (AvgIpc) is 2.29. The molecular weight excluding hydrogens is 218 g/mol. The minimum absolute atomic E-state index is 0.0296. The molecule has 3 N–H and O–H groups in total. The van der Waals surface area contributed by atoms with Crippen LogP contribution in [0.25, 0.3) is 0 Å². The van der Waals surface area contributed by atoms with Crippen LogP contribution in [0.3, 0.4) is 0 Å². The second kappa shape index (κ2) is 5.80. The maximum atomic E-state index is 11.6. The molecule has 17 heavy (non-hydrogen) atoms. The van der Waals surface area contributed by atoms with Crippen molar-refractivity contribution in [2.75, 3.05) is 6.54 Å². The van der Waals surface area contributed by atoms with Crippen LogP contribution in [0.1, 0.15) is 31.9 Å². The number of esters is 1. The Kier molecular flexibility index (Phi) is 4.66.